The third kappa shape index (κ3) is 4.23. The molecule has 0 atom stereocenters. The first-order chi connectivity index (χ1) is 12.7. The number of amides is 1. The number of unbranched alkanes of at least 4 members (excludes halogenated alkanes) is 1. The van der Waals surface area contributed by atoms with Gasteiger partial charge in [0.25, 0.3) is 5.91 Å². The maximum absolute atomic E-state index is 12.4. The zero-order chi connectivity index (χ0) is 18.4. The van der Waals surface area contributed by atoms with E-state index in [2.05, 4.69) is 6.92 Å². The van der Waals surface area contributed by atoms with Crippen LogP contribution >= 0.6 is 0 Å². The lowest BCUT2D eigenvalue weighted by Crippen LogP contribution is -2.33. The van der Waals surface area contributed by atoms with Gasteiger partial charge in [-0.15, -0.1) is 0 Å². The number of rotatable bonds is 7. The quantitative estimate of drug-likeness (QED) is 0.564. The summed E-state index contributed by atoms with van der Waals surface area (Å²) in [5.74, 6) is 0.00788. The van der Waals surface area contributed by atoms with Gasteiger partial charge in [0.15, 0.2) is 6.61 Å². The van der Waals surface area contributed by atoms with Crippen molar-refractivity contribution >= 4 is 17.6 Å². The van der Waals surface area contributed by atoms with Crippen molar-refractivity contribution in [2.24, 2.45) is 0 Å². The van der Waals surface area contributed by atoms with Gasteiger partial charge < -0.3 is 14.4 Å². The summed E-state index contributed by atoms with van der Waals surface area (Å²) in [5.41, 5.74) is 2.45. The number of anilines is 1. The highest BCUT2D eigenvalue weighted by atomic mass is 16.5. The van der Waals surface area contributed by atoms with E-state index >= 15 is 0 Å². The first kappa shape index (κ1) is 18.0. The molecule has 1 amide bonds. The highest BCUT2D eigenvalue weighted by Crippen LogP contribution is 2.27. The molecule has 0 aliphatic carbocycles. The van der Waals surface area contributed by atoms with Crippen molar-refractivity contribution in [3.05, 3.63) is 59.7 Å². The van der Waals surface area contributed by atoms with E-state index in [1.807, 2.05) is 24.3 Å². The third-order valence-electron chi connectivity index (χ3n) is 4.37. The Bertz CT molecular complexity index is 770. The summed E-state index contributed by atoms with van der Waals surface area (Å²) in [7, 11) is 0. The zero-order valence-electron chi connectivity index (χ0n) is 14.9. The molecule has 3 rings (SSSR count). The lowest BCUT2D eigenvalue weighted by molar-refractivity contribution is -0.121. The fraction of sp³-hybridized carbons (Fsp3) is 0.333. The summed E-state index contributed by atoms with van der Waals surface area (Å²) in [6, 6.07) is 14.6. The van der Waals surface area contributed by atoms with E-state index in [1.54, 1.807) is 29.2 Å². The van der Waals surface area contributed by atoms with Crippen molar-refractivity contribution < 1.29 is 19.1 Å². The maximum atomic E-state index is 12.4. The maximum Gasteiger partial charge on any atom is 0.338 e. The van der Waals surface area contributed by atoms with Crippen LogP contribution in [0.5, 0.6) is 5.75 Å². The van der Waals surface area contributed by atoms with Crippen molar-refractivity contribution in [1.29, 1.82) is 0 Å². The molecule has 0 aromatic heterocycles. The predicted octanol–water partition coefficient (Wildman–Crippen LogP) is 3.61. The van der Waals surface area contributed by atoms with Crippen LogP contribution in [0.1, 0.15) is 35.7 Å². The Balaban J connectivity index is 1.52. The van der Waals surface area contributed by atoms with E-state index < -0.39 is 5.97 Å². The molecule has 0 fully saturated rings. The number of ether oxygens (including phenoxy) is 2. The minimum Gasteiger partial charge on any atom is -0.494 e. The normalized spacial score (nSPS) is 12.6. The Kier molecular flexibility index (Phi) is 5.89. The van der Waals surface area contributed by atoms with Gasteiger partial charge in [0.2, 0.25) is 0 Å². The zero-order valence-corrected chi connectivity index (χ0v) is 14.9. The van der Waals surface area contributed by atoms with Gasteiger partial charge in [0, 0.05) is 12.2 Å². The van der Waals surface area contributed by atoms with Gasteiger partial charge in [-0.25, -0.2) is 4.79 Å². The van der Waals surface area contributed by atoms with E-state index in [1.165, 1.54) is 0 Å². The number of para-hydroxylation sites is 1. The Morgan fingerprint density at radius 2 is 1.85 bits per heavy atom. The van der Waals surface area contributed by atoms with Crippen molar-refractivity contribution in [2.45, 2.75) is 26.2 Å². The Labute approximate surface area is 153 Å². The van der Waals surface area contributed by atoms with Gasteiger partial charge >= 0.3 is 5.97 Å². The minimum atomic E-state index is -0.508. The van der Waals surface area contributed by atoms with Crippen LogP contribution in [-0.4, -0.2) is 31.6 Å². The van der Waals surface area contributed by atoms with Gasteiger partial charge in [-0.1, -0.05) is 31.5 Å². The lowest BCUT2D eigenvalue weighted by atomic mass is 10.2. The van der Waals surface area contributed by atoms with Crippen LogP contribution in [0.25, 0.3) is 0 Å². The SMILES string of the molecule is CCCCOc1ccc(C(=O)OCC(=O)N2CCc3ccccc32)cc1. The standard InChI is InChI=1S/C21H23NO4/c1-2-3-14-25-18-10-8-17(9-11-18)21(24)26-15-20(23)22-13-12-16-6-4-5-7-19(16)22/h4-11H,2-3,12-15H2,1H3. The second-order valence-corrected chi connectivity index (χ2v) is 6.23. The van der Waals surface area contributed by atoms with Gasteiger partial charge in [-0.3, -0.25) is 4.79 Å². The van der Waals surface area contributed by atoms with Crippen LogP contribution in [0, 0.1) is 0 Å². The van der Waals surface area contributed by atoms with E-state index in [0.29, 0.717) is 18.7 Å². The largest absolute Gasteiger partial charge is 0.494 e. The summed E-state index contributed by atoms with van der Waals surface area (Å²) >= 11 is 0. The number of fused-ring (bicyclic) bond motifs is 1. The van der Waals surface area contributed by atoms with Gasteiger partial charge in [-0.05, 0) is 48.7 Å². The van der Waals surface area contributed by atoms with Gasteiger partial charge in [-0.2, -0.15) is 0 Å². The molecule has 136 valence electrons. The van der Waals surface area contributed by atoms with Crippen molar-refractivity contribution in [3.63, 3.8) is 0 Å². The number of carbonyl (C=O) groups excluding carboxylic acids is 2. The number of hydrogen-bond acceptors (Lipinski definition) is 4. The molecule has 5 heteroatoms. The molecule has 1 aliphatic heterocycles. The van der Waals surface area contributed by atoms with E-state index in [9.17, 15) is 9.59 Å². The Morgan fingerprint density at radius 3 is 2.62 bits per heavy atom. The van der Waals surface area contributed by atoms with Crippen LogP contribution < -0.4 is 9.64 Å². The molecule has 2 aromatic carbocycles. The first-order valence-electron chi connectivity index (χ1n) is 8.97. The monoisotopic (exact) mass is 353 g/mol. The highest BCUT2D eigenvalue weighted by molar-refractivity contribution is 5.98. The van der Waals surface area contributed by atoms with Gasteiger partial charge in [0.05, 0.1) is 12.2 Å². The lowest BCUT2D eigenvalue weighted by Gasteiger charge is -2.17. The molecule has 0 N–H and O–H groups in total. The molecule has 2 aromatic rings. The summed E-state index contributed by atoms with van der Waals surface area (Å²) in [4.78, 5) is 26.2. The summed E-state index contributed by atoms with van der Waals surface area (Å²) in [6.45, 7) is 3.12. The molecule has 5 nitrogen and oxygen atoms in total. The third-order valence-corrected chi connectivity index (χ3v) is 4.37. The number of carbonyl (C=O) groups is 2. The summed E-state index contributed by atoms with van der Waals surface area (Å²) < 4.78 is 10.8. The Morgan fingerprint density at radius 1 is 1.08 bits per heavy atom. The second kappa shape index (κ2) is 8.52. The average Bonchev–Trinajstić information content (AvgIpc) is 3.11. The molecule has 0 saturated carbocycles. The van der Waals surface area contributed by atoms with Crippen LogP contribution in [-0.2, 0) is 16.0 Å². The fourth-order valence-corrected chi connectivity index (χ4v) is 2.91. The molecule has 1 aliphatic rings. The molecule has 0 radical (unpaired) electrons. The van der Waals surface area contributed by atoms with E-state index in [0.717, 1.165) is 36.3 Å². The molecule has 0 unspecified atom stereocenters. The summed E-state index contributed by atoms with van der Waals surface area (Å²) in [5, 5.41) is 0. The van der Waals surface area contributed by atoms with Crippen LogP contribution in [0.2, 0.25) is 0 Å². The van der Waals surface area contributed by atoms with Crippen LogP contribution in [0.4, 0.5) is 5.69 Å². The molecule has 0 bridgehead atoms. The molecular weight excluding hydrogens is 330 g/mol. The second-order valence-electron chi connectivity index (χ2n) is 6.23. The van der Waals surface area contributed by atoms with Crippen LogP contribution in [0.15, 0.2) is 48.5 Å². The topological polar surface area (TPSA) is 55.8 Å². The molecule has 0 spiro atoms. The Hall–Kier alpha value is -2.82. The van der Waals surface area contributed by atoms with Gasteiger partial charge in [0.1, 0.15) is 5.75 Å². The first-order valence-corrected chi connectivity index (χ1v) is 8.97. The fourth-order valence-electron chi connectivity index (χ4n) is 2.91. The average molecular weight is 353 g/mol. The number of hydrogen-bond donors (Lipinski definition) is 0. The number of esters is 1. The number of nitrogens with zero attached hydrogens (tertiary/aromatic N) is 1. The van der Waals surface area contributed by atoms with Crippen molar-refractivity contribution in [3.8, 4) is 5.75 Å². The molecular formula is C21H23NO4. The van der Waals surface area contributed by atoms with Crippen LogP contribution in [0.3, 0.4) is 0 Å². The van der Waals surface area contributed by atoms with E-state index in [-0.39, 0.29) is 12.5 Å². The predicted molar refractivity (Wildman–Crippen MR) is 99.6 cm³/mol. The molecule has 26 heavy (non-hydrogen) atoms. The number of benzene rings is 2. The minimum absolute atomic E-state index is 0.206. The summed E-state index contributed by atoms with van der Waals surface area (Å²) in [6.07, 6.45) is 2.89. The van der Waals surface area contributed by atoms with Crippen molar-refractivity contribution in [2.75, 3.05) is 24.7 Å². The van der Waals surface area contributed by atoms with Crippen molar-refractivity contribution in [1.82, 2.24) is 0 Å². The van der Waals surface area contributed by atoms with E-state index in [4.69, 9.17) is 9.47 Å². The smallest absolute Gasteiger partial charge is 0.338 e. The highest BCUT2D eigenvalue weighted by Gasteiger charge is 2.25. The molecule has 1 heterocycles. The molecule has 0 saturated heterocycles.